The largest absolute Gasteiger partial charge is 0.484 e. The molecule has 1 aromatic carbocycles. The fourth-order valence-electron chi connectivity index (χ4n) is 2.13. The molecule has 5 nitrogen and oxygen atoms in total. The van der Waals surface area contributed by atoms with Crippen LogP contribution in [-0.2, 0) is 13.7 Å². The van der Waals surface area contributed by atoms with Crippen molar-refractivity contribution in [3.63, 3.8) is 0 Å². The molecule has 0 saturated heterocycles. The van der Waals surface area contributed by atoms with Crippen LogP contribution in [0.4, 0.5) is 0 Å². The number of rotatable bonds is 6. The number of furan rings is 1. The molecule has 6 heteroatoms. The molecule has 0 aliphatic heterocycles. The molecule has 3 rings (SSSR count). The molecule has 0 unspecified atom stereocenters. The number of hydrogen-bond acceptors (Lipinski definition) is 4. The van der Waals surface area contributed by atoms with E-state index in [1.165, 1.54) is 10.8 Å². The second-order valence-corrected chi connectivity index (χ2v) is 5.47. The summed E-state index contributed by atoms with van der Waals surface area (Å²) in [5.74, 6) is 1.67. The maximum atomic E-state index is 12.0. The van der Waals surface area contributed by atoms with Gasteiger partial charge in [0.2, 0.25) is 5.78 Å². The number of hydrogen-bond donors (Lipinski definition) is 0. The quantitative estimate of drug-likeness (QED) is 0.499. The Morgan fingerprint density at radius 3 is 2.88 bits per heavy atom. The van der Waals surface area contributed by atoms with E-state index in [1.807, 2.05) is 12.1 Å². The fourth-order valence-corrected chi connectivity index (χ4v) is 2.32. The molecule has 3 aromatic rings. The summed E-state index contributed by atoms with van der Waals surface area (Å²) in [6, 6.07) is 12.5. The van der Waals surface area contributed by atoms with Crippen molar-refractivity contribution in [2.75, 3.05) is 0 Å². The minimum absolute atomic E-state index is 0.139. The van der Waals surface area contributed by atoms with Gasteiger partial charge in [-0.25, -0.2) is 0 Å². The van der Waals surface area contributed by atoms with Crippen molar-refractivity contribution in [1.29, 1.82) is 0 Å². The van der Waals surface area contributed by atoms with Crippen LogP contribution in [0.3, 0.4) is 0 Å². The van der Waals surface area contributed by atoms with Gasteiger partial charge in [-0.2, -0.15) is 5.10 Å². The average Bonchev–Trinajstić information content (AvgIpc) is 3.21. The van der Waals surface area contributed by atoms with E-state index in [4.69, 9.17) is 20.8 Å². The standard InChI is InChI=1S/C18H15ClN2O3/c1-21-16(10-11-20-21)17(22)9-8-13-6-7-14(24-13)12-23-18-5-3-2-4-15(18)19/h2-11H,12H2,1H3/b9-8+. The molecule has 0 saturated carbocycles. The van der Waals surface area contributed by atoms with Gasteiger partial charge in [0, 0.05) is 13.2 Å². The number of aromatic nitrogens is 2. The lowest BCUT2D eigenvalue weighted by atomic mass is 10.2. The van der Waals surface area contributed by atoms with Crippen LogP contribution in [0.5, 0.6) is 5.75 Å². The molecule has 0 aliphatic rings. The van der Waals surface area contributed by atoms with Gasteiger partial charge in [0.25, 0.3) is 0 Å². The van der Waals surface area contributed by atoms with Crippen molar-refractivity contribution < 1.29 is 13.9 Å². The third-order valence-corrected chi connectivity index (χ3v) is 3.67. The third-order valence-electron chi connectivity index (χ3n) is 3.36. The van der Waals surface area contributed by atoms with Crippen LogP contribution in [0.15, 0.2) is 59.2 Å². The summed E-state index contributed by atoms with van der Waals surface area (Å²) in [6.45, 7) is 0.257. The molecule has 0 amide bonds. The van der Waals surface area contributed by atoms with E-state index in [0.29, 0.717) is 28.0 Å². The highest BCUT2D eigenvalue weighted by Gasteiger charge is 2.07. The predicted octanol–water partition coefficient (Wildman–Crippen LogP) is 4.14. The first-order valence-electron chi connectivity index (χ1n) is 7.30. The zero-order valence-electron chi connectivity index (χ0n) is 13.0. The normalized spacial score (nSPS) is 11.1. The van der Waals surface area contributed by atoms with Crippen LogP contribution in [0.25, 0.3) is 6.08 Å². The fraction of sp³-hybridized carbons (Fsp3) is 0.111. The highest BCUT2D eigenvalue weighted by molar-refractivity contribution is 6.32. The third kappa shape index (κ3) is 3.75. The van der Waals surface area contributed by atoms with E-state index in [9.17, 15) is 4.79 Å². The monoisotopic (exact) mass is 342 g/mol. The van der Waals surface area contributed by atoms with Gasteiger partial charge in [-0.05, 0) is 42.5 Å². The van der Waals surface area contributed by atoms with Crippen molar-refractivity contribution in [3.05, 3.63) is 77.0 Å². The van der Waals surface area contributed by atoms with Crippen LogP contribution in [0, 0.1) is 0 Å². The topological polar surface area (TPSA) is 57.3 Å². The van der Waals surface area contributed by atoms with Crippen molar-refractivity contribution in [2.45, 2.75) is 6.61 Å². The Balaban J connectivity index is 1.61. The second-order valence-electron chi connectivity index (χ2n) is 5.06. The number of nitrogens with zero attached hydrogens (tertiary/aromatic N) is 2. The van der Waals surface area contributed by atoms with Crippen molar-refractivity contribution in [3.8, 4) is 5.75 Å². The number of halogens is 1. The molecule has 2 aromatic heterocycles. The number of aryl methyl sites for hydroxylation is 1. The molecule has 0 atom stereocenters. The van der Waals surface area contributed by atoms with Gasteiger partial charge in [0.1, 0.15) is 29.6 Å². The molecule has 0 aliphatic carbocycles. The molecule has 0 fully saturated rings. The Kier molecular flexibility index (Phi) is 4.82. The number of ether oxygens (including phenoxy) is 1. The molecular formula is C18H15ClN2O3. The maximum Gasteiger partial charge on any atom is 0.203 e. The lowest BCUT2D eigenvalue weighted by molar-refractivity contribution is 0.103. The minimum Gasteiger partial charge on any atom is -0.484 e. The molecule has 0 radical (unpaired) electrons. The second kappa shape index (κ2) is 7.19. The number of benzene rings is 1. The van der Waals surface area contributed by atoms with Gasteiger partial charge in [-0.15, -0.1) is 0 Å². The van der Waals surface area contributed by atoms with Crippen LogP contribution in [0.2, 0.25) is 5.02 Å². The average molecular weight is 343 g/mol. The molecule has 122 valence electrons. The van der Waals surface area contributed by atoms with Gasteiger partial charge < -0.3 is 9.15 Å². The Hall–Kier alpha value is -2.79. The Morgan fingerprint density at radius 2 is 2.12 bits per heavy atom. The predicted molar refractivity (Wildman–Crippen MR) is 91.1 cm³/mol. The highest BCUT2D eigenvalue weighted by atomic mass is 35.5. The van der Waals surface area contributed by atoms with Gasteiger partial charge in [0.15, 0.2) is 0 Å². The minimum atomic E-state index is -0.139. The number of para-hydroxylation sites is 1. The summed E-state index contributed by atoms with van der Waals surface area (Å²) in [4.78, 5) is 12.0. The van der Waals surface area contributed by atoms with E-state index in [0.717, 1.165) is 0 Å². The summed E-state index contributed by atoms with van der Waals surface area (Å²) < 4.78 is 12.7. The van der Waals surface area contributed by atoms with Gasteiger partial charge in [0.05, 0.1) is 5.02 Å². The summed E-state index contributed by atoms with van der Waals surface area (Å²) in [6.07, 6.45) is 4.65. The van der Waals surface area contributed by atoms with E-state index >= 15 is 0 Å². The molecule has 0 spiro atoms. The van der Waals surface area contributed by atoms with Gasteiger partial charge in [-0.1, -0.05) is 23.7 Å². The molecular weight excluding hydrogens is 328 g/mol. The lowest BCUT2D eigenvalue weighted by Crippen LogP contribution is -2.03. The van der Waals surface area contributed by atoms with Gasteiger partial charge >= 0.3 is 0 Å². The molecule has 2 heterocycles. The number of carbonyl (C=O) groups is 1. The van der Waals surface area contributed by atoms with Crippen molar-refractivity contribution in [1.82, 2.24) is 9.78 Å². The summed E-state index contributed by atoms with van der Waals surface area (Å²) in [5, 5.41) is 4.52. The zero-order valence-corrected chi connectivity index (χ0v) is 13.7. The molecule has 0 N–H and O–H groups in total. The van der Waals surface area contributed by atoms with E-state index in [2.05, 4.69) is 5.10 Å². The van der Waals surface area contributed by atoms with Gasteiger partial charge in [-0.3, -0.25) is 9.48 Å². The van der Waals surface area contributed by atoms with E-state index in [1.54, 1.807) is 49.7 Å². The van der Waals surface area contributed by atoms with Crippen molar-refractivity contribution >= 4 is 23.5 Å². The van der Waals surface area contributed by atoms with Crippen LogP contribution in [0.1, 0.15) is 22.0 Å². The smallest absolute Gasteiger partial charge is 0.203 e. The SMILES string of the molecule is Cn1nccc1C(=O)/C=C/c1ccc(COc2ccccc2Cl)o1. The Morgan fingerprint density at radius 1 is 1.29 bits per heavy atom. The van der Waals surface area contributed by atoms with Crippen LogP contribution in [-0.4, -0.2) is 15.6 Å². The summed E-state index contributed by atoms with van der Waals surface area (Å²) >= 11 is 6.03. The maximum absolute atomic E-state index is 12.0. The first-order chi connectivity index (χ1) is 11.6. The Labute approximate surface area is 144 Å². The number of carbonyl (C=O) groups excluding carboxylic acids is 1. The van der Waals surface area contributed by atoms with Crippen LogP contribution >= 0.6 is 11.6 Å². The number of ketones is 1. The first-order valence-corrected chi connectivity index (χ1v) is 7.68. The zero-order chi connectivity index (χ0) is 16.9. The van der Waals surface area contributed by atoms with Crippen molar-refractivity contribution in [2.24, 2.45) is 7.05 Å². The highest BCUT2D eigenvalue weighted by Crippen LogP contribution is 2.24. The first kappa shape index (κ1) is 16.1. The molecule has 0 bridgehead atoms. The van der Waals surface area contributed by atoms with Crippen LogP contribution < -0.4 is 4.74 Å². The molecule has 24 heavy (non-hydrogen) atoms. The Bertz CT molecular complexity index is 880. The summed E-state index contributed by atoms with van der Waals surface area (Å²) in [5.41, 5.74) is 0.514. The van der Waals surface area contributed by atoms with E-state index < -0.39 is 0 Å². The number of allylic oxidation sites excluding steroid dienone is 1. The lowest BCUT2D eigenvalue weighted by Gasteiger charge is -2.05. The van der Waals surface area contributed by atoms with E-state index in [-0.39, 0.29) is 12.4 Å². The summed E-state index contributed by atoms with van der Waals surface area (Å²) in [7, 11) is 1.72.